The van der Waals surface area contributed by atoms with Gasteiger partial charge < -0.3 is 142 Å². The van der Waals surface area contributed by atoms with Gasteiger partial charge in [0.25, 0.3) is 0 Å². The van der Waals surface area contributed by atoms with Gasteiger partial charge in [-0.3, -0.25) is 4.79 Å². The maximum absolute atomic E-state index is 15.4. The zero-order valence-electron chi connectivity index (χ0n) is 66.0. The smallest absolute Gasteiger partial charge is 0.347 e. The molecule has 1 aromatic heterocycles. The minimum Gasteiger partial charge on any atom is -0.497 e. The molecule has 31 nitrogen and oxygen atoms in total. The summed E-state index contributed by atoms with van der Waals surface area (Å²) in [5.74, 6) is 1.19. The van der Waals surface area contributed by atoms with E-state index in [1.807, 2.05) is 26.0 Å². The van der Waals surface area contributed by atoms with Gasteiger partial charge in [0.1, 0.15) is 142 Å². The quantitative estimate of drug-likeness (QED) is 0.0450. The van der Waals surface area contributed by atoms with Crippen LogP contribution in [0.3, 0.4) is 0 Å². The average Bonchev–Trinajstić information content (AvgIpc) is 0.670. The number of carbonyl (C=O) groups is 1. The lowest BCUT2D eigenvalue weighted by atomic mass is 9.33. The predicted molar refractivity (Wildman–Crippen MR) is 393 cm³/mol. The molecule has 0 amide bonds. The van der Waals surface area contributed by atoms with Crippen molar-refractivity contribution in [3.05, 3.63) is 64.0 Å². The molecule has 5 saturated heterocycles. The lowest BCUT2D eigenvalue weighted by molar-refractivity contribution is -0.374. The number of allylic oxidation sites excluding steroid dienone is 2. The number of aliphatic hydroxyl groups excluding tert-OH is 14. The van der Waals surface area contributed by atoms with Gasteiger partial charge in [-0.25, -0.2) is 4.79 Å². The fourth-order valence-electron chi connectivity index (χ4n) is 21.0. The van der Waals surface area contributed by atoms with E-state index in [0.717, 1.165) is 30.4 Å². The molecule has 0 spiro atoms. The van der Waals surface area contributed by atoms with Crippen molar-refractivity contribution in [1.82, 2.24) is 0 Å². The van der Waals surface area contributed by atoms with Crippen molar-refractivity contribution < 1.29 is 147 Å². The van der Waals surface area contributed by atoms with E-state index < -0.39 is 206 Å². The zero-order valence-corrected chi connectivity index (χ0v) is 66.0. The first-order valence-corrected chi connectivity index (χ1v) is 39.1. The molecular weight excluding hydrogens is 1470 g/mol. The summed E-state index contributed by atoms with van der Waals surface area (Å²) in [6, 6.07) is 8.84. The Morgan fingerprint density at radius 3 is 1.79 bits per heavy atom. The maximum Gasteiger partial charge on any atom is 0.347 e. The van der Waals surface area contributed by atoms with Crippen molar-refractivity contribution in [1.29, 1.82) is 0 Å². The topological polar surface area (TPSA) is 460 Å². The van der Waals surface area contributed by atoms with Crippen molar-refractivity contribution in [2.75, 3.05) is 41.2 Å². The van der Waals surface area contributed by atoms with Crippen LogP contribution in [0.1, 0.15) is 140 Å². The number of esters is 1. The molecular formula is C81H116O31. The third-order valence-corrected chi connectivity index (χ3v) is 27.6. The molecule has 9 fully saturated rings. The molecule has 0 radical (unpaired) electrons. The van der Waals surface area contributed by atoms with Gasteiger partial charge in [-0.1, -0.05) is 72.2 Å². The highest BCUT2D eigenvalue weighted by molar-refractivity contribution is 5.99. The van der Waals surface area contributed by atoms with Crippen LogP contribution in [0.2, 0.25) is 0 Å². The van der Waals surface area contributed by atoms with Crippen molar-refractivity contribution in [2.24, 2.45) is 50.2 Å². The van der Waals surface area contributed by atoms with E-state index in [0.29, 0.717) is 70.8 Å². The Morgan fingerprint density at radius 2 is 1.16 bits per heavy atom. The van der Waals surface area contributed by atoms with E-state index in [9.17, 15) is 76.3 Å². The molecule has 626 valence electrons. The van der Waals surface area contributed by atoms with Gasteiger partial charge in [-0.2, -0.15) is 0 Å². The minimum atomic E-state index is -1.93. The molecule has 32 atom stereocenters. The molecule has 14 rings (SSSR count). The summed E-state index contributed by atoms with van der Waals surface area (Å²) in [6.07, 6.45) is -25.3. The molecule has 112 heavy (non-hydrogen) atoms. The van der Waals surface area contributed by atoms with Crippen molar-refractivity contribution >= 4 is 23.0 Å². The third-order valence-electron chi connectivity index (χ3n) is 27.6. The Morgan fingerprint density at radius 1 is 0.580 bits per heavy atom. The first kappa shape index (κ1) is 84.8. The van der Waals surface area contributed by atoms with Crippen LogP contribution < -0.4 is 24.6 Å². The van der Waals surface area contributed by atoms with Gasteiger partial charge in [0.2, 0.25) is 6.29 Å². The monoisotopic (exact) mass is 1580 g/mol. The SMILES string of the molecule is CC1OC(OC2CCC3(C)C(CCC4(C)C3CC=C3C5CC(C)(C)CCC5(C(=O)OC5OCC(O)C(O)C5OC5OC(C)C(OC6OC(CO)C(O)C(O)C6O)C(O)C5O)C(O)CC34C)C2(C)C)C(O)C(O)C1OC1OCC(O)C(O)C1O.COc1ccc(-c2c(OC)c3c(OC)c4c(cc3oc2=O)OC(C)(C)C=C4)cc1. The summed E-state index contributed by atoms with van der Waals surface area (Å²) < 4.78 is 87.9. The Hall–Kier alpha value is -5.12. The largest absolute Gasteiger partial charge is 0.497 e. The van der Waals surface area contributed by atoms with Crippen LogP contribution in [-0.2, 0) is 52.2 Å². The third kappa shape index (κ3) is 14.6. The molecule has 2 aromatic carbocycles. The van der Waals surface area contributed by atoms with E-state index in [1.165, 1.54) is 14.0 Å². The summed E-state index contributed by atoms with van der Waals surface area (Å²) in [4.78, 5) is 28.3. The van der Waals surface area contributed by atoms with E-state index in [1.54, 1.807) is 51.5 Å². The standard InChI is InChI=1S/C58H94O25.C23H22O6/c1-23-44(80-47-40(69)34(63)27(60)21-74-47)38(67)42(71)48(76-23)79-33-13-14-55(7)30(54(33,5)6)12-15-56(8)31(55)11-10-25-26-18-53(3,4)16-17-58(26,32(62)19-57(25,56)9)52(73)83-51-46(35(64)28(61)22-75-51)82-49-43(72)39(68)45(24(2)77-49)81-50-41(70)37(66)36(65)29(20-59)78-50;1-23(2)11-10-15-16(29-23)12-17-19(20(15)26-4)21(27-5)18(22(24)28-17)13-6-8-14(25-3)9-7-13/h10,23-24,26-51,59-72H,11-22H2,1-9H3;6-12H,1-5H3. The molecule has 32 unspecified atom stereocenters. The first-order valence-electron chi connectivity index (χ1n) is 39.1. The van der Waals surface area contributed by atoms with Crippen molar-refractivity contribution in [3.63, 3.8) is 0 Å². The summed E-state index contributed by atoms with van der Waals surface area (Å²) in [5.41, 5.74) is -1.17. The zero-order chi connectivity index (χ0) is 81.3. The average molecular weight is 1590 g/mol. The number of carbonyl (C=O) groups excluding carboxylic acids is 1. The second-order valence-electron chi connectivity index (χ2n) is 35.5. The van der Waals surface area contributed by atoms with Crippen molar-refractivity contribution in [2.45, 2.75) is 293 Å². The minimum absolute atomic E-state index is 0.129. The number of fused-ring (bicyclic) bond motifs is 9. The van der Waals surface area contributed by atoms with E-state index >= 15 is 4.79 Å². The van der Waals surface area contributed by atoms with Crippen LogP contribution in [0.4, 0.5) is 0 Å². The second-order valence-corrected chi connectivity index (χ2v) is 35.5. The summed E-state index contributed by atoms with van der Waals surface area (Å²) in [5, 5.41) is 153. The van der Waals surface area contributed by atoms with Gasteiger partial charge in [-0.05, 0) is 160 Å². The van der Waals surface area contributed by atoms with Crippen molar-refractivity contribution in [3.8, 4) is 34.1 Å². The highest BCUT2D eigenvalue weighted by Crippen LogP contribution is 2.76. The molecule has 5 aliphatic carbocycles. The number of ether oxygens (including phenoxy) is 14. The van der Waals surface area contributed by atoms with Crippen LogP contribution in [0.15, 0.2) is 57.3 Å². The Balaban J connectivity index is 0.000000315. The Labute approximate surface area is 650 Å². The summed E-state index contributed by atoms with van der Waals surface area (Å²) in [6.45, 7) is 21.1. The first-order chi connectivity index (χ1) is 52.6. The normalized spacial score (nSPS) is 44.6. The van der Waals surface area contributed by atoms with Gasteiger partial charge >= 0.3 is 11.6 Å². The molecule has 11 aliphatic rings. The number of hydrogen-bond acceptors (Lipinski definition) is 31. The van der Waals surface area contributed by atoms with Crippen LogP contribution >= 0.6 is 0 Å². The number of methoxy groups -OCH3 is 3. The van der Waals surface area contributed by atoms with Crippen LogP contribution in [-0.4, -0.2) is 278 Å². The number of rotatable bonds is 15. The van der Waals surface area contributed by atoms with Gasteiger partial charge in [0.15, 0.2) is 31.3 Å². The van der Waals surface area contributed by atoms with Gasteiger partial charge in [0, 0.05) is 6.07 Å². The number of benzene rings is 2. The molecule has 31 heteroatoms. The fraction of sp³-hybridized carbons (Fsp3) is 0.753. The highest BCUT2D eigenvalue weighted by Gasteiger charge is 2.72. The molecule has 0 bridgehead atoms. The molecule has 6 aliphatic heterocycles. The lowest BCUT2D eigenvalue weighted by Crippen LogP contribution is -2.68. The molecule has 4 saturated carbocycles. The van der Waals surface area contributed by atoms with Crippen LogP contribution in [0.5, 0.6) is 23.0 Å². The van der Waals surface area contributed by atoms with E-state index in [2.05, 4.69) is 54.5 Å². The number of hydrogen-bond donors (Lipinski definition) is 14. The summed E-state index contributed by atoms with van der Waals surface area (Å²) >= 11 is 0. The summed E-state index contributed by atoms with van der Waals surface area (Å²) in [7, 11) is 4.68. The number of aliphatic hydroxyl groups is 14. The van der Waals surface area contributed by atoms with Crippen LogP contribution in [0.25, 0.3) is 28.2 Å². The van der Waals surface area contributed by atoms with Gasteiger partial charge in [-0.15, -0.1) is 0 Å². The van der Waals surface area contributed by atoms with Gasteiger partial charge in [0.05, 0.1) is 71.1 Å². The van der Waals surface area contributed by atoms with E-state index in [-0.39, 0.29) is 47.5 Å². The lowest BCUT2D eigenvalue weighted by Gasteiger charge is -2.71. The Bertz CT molecular complexity index is 3970. The second kappa shape index (κ2) is 31.6. The fourth-order valence-corrected chi connectivity index (χ4v) is 21.0. The molecule has 14 N–H and O–H groups in total. The molecule has 7 heterocycles. The maximum atomic E-state index is 15.4. The Kier molecular flexibility index (Phi) is 23.9. The predicted octanol–water partition coefficient (Wildman–Crippen LogP) is 2.76. The molecule has 3 aromatic rings. The highest BCUT2D eigenvalue weighted by atomic mass is 16.8. The van der Waals surface area contributed by atoms with Crippen LogP contribution in [0, 0.1) is 50.2 Å². The van der Waals surface area contributed by atoms with E-state index in [4.69, 9.17) is 70.7 Å².